The highest BCUT2D eigenvalue weighted by molar-refractivity contribution is 8.04. The number of ether oxygens (including phenoxy) is 1. The van der Waals surface area contributed by atoms with E-state index < -0.39 is 11.8 Å². The van der Waals surface area contributed by atoms with Crippen LogP contribution < -0.4 is 20.3 Å². The number of nitrogens with one attached hydrogen (secondary N) is 2. The Balaban J connectivity index is 1.43. The maximum atomic E-state index is 13.6. The number of carbonyl (C=O) groups is 3. The fourth-order valence-corrected chi connectivity index (χ4v) is 5.66. The van der Waals surface area contributed by atoms with Gasteiger partial charge in [0, 0.05) is 16.5 Å². The van der Waals surface area contributed by atoms with Gasteiger partial charge in [-0.2, -0.15) is 0 Å². The Hall–Kier alpha value is -4.04. The fraction of sp³-hybridized carbons (Fsp3) is 0.233. The number of para-hydroxylation sites is 1. The average Bonchev–Trinajstić information content (AvgIpc) is 3.54. The Labute approximate surface area is 226 Å². The molecule has 0 saturated heterocycles. The Morgan fingerprint density at radius 1 is 0.947 bits per heavy atom. The fourth-order valence-electron chi connectivity index (χ4n) is 4.74. The van der Waals surface area contributed by atoms with Crippen molar-refractivity contribution in [3.8, 4) is 5.75 Å². The molecule has 0 atom stereocenters. The number of anilines is 3. The van der Waals surface area contributed by atoms with Gasteiger partial charge in [0.05, 0.1) is 18.5 Å². The molecule has 0 radical (unpaired) electrons. The molecule has 3 amide bonds. The van der Waals surface area contributed by atoms with E-state index in [4.69, 9.17) is 4.74 Å². The molecule has 1 fully saturated rings. The highest BCUT2D eigenvalue weighted by Crippen LogP contribution is 2.39. The molecule has 0 unspecified atom stereocenters. The summed E-state index contributed by atoms with van der Waals surface area (Å²) in [5.74, 6) is -0.147. The molecule has 0 aromatic heterocycles. The molecule has 3 aromatic carbocycles. The first-order valence-electron chi connectivity index (χ1n) is 12.6. The van der Waals surface area contributed by atoms with Crippen LogP contribution in [0.4, 0.5) is 17.1 Å². The second kappa shape index (κ2) is 11.1. The number of hydrogen-bond donors (Lipinski definition) is 2. The van der Waals surface area contributed by atoms with E-state index in [0.29, 0.717) is 22.8 Å². The lowest BCUT2D eigenvalue weighted by Gasteiger charge is -2.16. The van der Waals surface area contributed by atoms with E-state index in [1.54, 1.807) is 31.4 Å². The van der Waals surface area contributed by atoms with Crippen LogP contribution >= 0.6 is 11.8 Å². The number of methoxy groups -OCH3 is 1. The van der Waals surface area contributed by atoms with Gasteiger partial charge < -0.3 is 15.4 Å². The average molecular weight is 528 g/mol. The van der Waals surface area contributed by atoms with E-state index >= 15 is 0 Å². The van der Waals surface area contributed by atoms with E-state index in [9.17, 15) is 14.4 Å². The van der Waals surface area contributed by atoms with Crippen LogP contribution in [-0.4, -0.2) is 24.8 Å². The number of imide groups is 1. The number of nitrogens with zero attached hydrogens (tertiary/aromatic N) is 1. The lowest BCUT2D eigenvalue weighted by atomic mass is 10.1. The monoisotopic (exact) mass is 527 g/mol. The van der Waals surface area contributed by atoms with Gasteiger partial charge in [-0.15, -0.1) is 0 Å². The summed E-state index contributed by atoms with van der Waals surface area (Å²) in [7, 11) is 1.56. The van der Waals surface area contributed by atoms with Gasteiger partial charge in [-0.05, 0) is 73.9 Å². The second-order valence-electron chi connectivity index (χ2n) is 9.41. The van der Waals surface area contributed by atoms with Gasteiger partial charge in [0.25, 0.3) is 11.8 Å². The van der Waals surface area contributed by atoms with Crippen LogP contribution in [0.15, 0.2) is 88.3 Å². The van der Waals surface area contributed by atoms with Crippen LogP contribution in [-0.2, 0) is 14.4 Å². The predicted molar refractivity (Wildman–Crippen MR) is 150 cm³/mol. The van der Waals surface area contributed by atoms with Crippen molar-refractivity contribution in [1.82, 2.24) is 0 Å². The summed E-state index contributed by atoms with van der Waals surface area (Å²) in [5, 5.41) is 6.18. The van der Waals surface area contributed by atoms with Crippen LogP contribution in [0.5, 0.6) is 5.75 Å². The van der Waals surface area contributed by atoms with Gasteiger partial charge in [0.15, 0.2) is 0 Å². The minimum Gasteiger partial charge on any atom is -0.495 e. The van der Waals surface area contributed by atoms with Crippen molar-refractivity contribution in [3.05, 3.63) is 89.0 Å². The molecule has 7 nitrogen and oxygen atoms in total. The molecule has 38 heavy (non-hydrogen) atoms. The molecule has 1 aliphatic heterocycles. The molecule has 1 saturated carbocycles. The first-order chi connectivity index (χ1) is 18.4. The van der Waals surface area contributed by atoms with Crippen LogP contribution in [0.3, 0.4) is 0 Å². The van der Waals surface area contributed by atoms with E-state index in [2.05, 4.69) is 10.6 Å². The number of hydrogen-bond acceptors (Lipinski definition) is 6. The number of rotatable bonds is 8. The third-order valence-corrected chi connectivity index (χ3v) is 7.83. The van der Waals surface area contributed by atoms with Gasteiger partial charge in [0.2, 0.25) is 5.91 Å². The number of amides is 3. The van der Waals surface area contributed by atoms with Crippen molar-refractivity contribution >= 4 is 46.5 Å². The van der Waals surface area contributed by atoms with Crippen molar-refractivity contribution < 1.29 is 19.1 Å². The summed E-state index contributed by atoms with van der Waals surface area (Å²) in [6.45, 7) is 1.94. The number of carbonyl (C=O) groups excluding carboxylic acids is 3. The molecule has 0 bridgehead atoms. The van der Waals surface area contributed by atoms with Crippen molar-refractivity contribution in [3.63, 3.8) is 0 Å². The van der Waals surface area contributed by atoms with Crippen LogP contribution in [0.2, 0.25) is 0 Å². The molecule has 0 spiro atoms. The van der Waals surface area contributed by atoms with Crippen LogP contribution in [0.1, 0.15) is 31.2 Å². The third-order valence-electron chi connectivity index (χ3n) is 6.74. The Morgan fingerprint density at radius 2 is 1.66 bits per heavy atom. The third kappa shape index (κ3) is 5.31. The predicted octanol–water partition coefficient (Wildman–Crippen LogP) is 6.12. The standard InChI is InChI=1S/C30H29N3O4S/c1-19-12-17-25(37-2)24(18-19)32-26-27(30(36)33(29(26)35)22-10-4-3-5-11-22)38-23-15-13-21(14-16-23)31-28(34)20-8-6-7-9-20/h3-5,10-18,20,32H,6-9H2,1-2H3,(H,31,34). The summed E-state index contributed by atoms with van der Waals surface area (Å²) in [6.07, 6.45) is 4.06. The van der Waals surface area contributed by atoms with Gasteiger partial charge in [-0.1, -0.05) is 48.9 Å². The lowest BCUT2D eigenvalue weighted by molar-refractivity contribution is -0.121. The Bertz CT molecular complexity index is 1400. The molecule has 2 aliphatic rings. The van der Waals surface area contributed by atoms with Crippen molar-refractivity contribution in [1.29, 1.82) is 0 Å². The molecular formula is C30H29N3O4S. The Morgan fingerprint density at radius 3 is 2.34 bits per heavy atom. The topological polar surface area (TPSA) is 87.7 Å². The molecule has 8 heteroatoms. The zero-order valence-corrected chi connectivity index (χ0v) is 22.1. The number of benzene rings is 3. The molecule has 1 aliphatic carbocycles. The summed E-state index contributed by atoms with van der Waals surface area (Å²) >= 11 is 1.21. The maximum Gasteiger partial charge on any atom is 0.283 e. The van der Waals surface area contributed by atoms with E-state index in [1.165, 1.54) is 16.7 Å². The van der Waals surface area contributed by atoms with E-state index in [-0.39, 0.29) is 22.4 Å². The lowest BCUT2D eigenvalue weighted by Crippen LogP contribution is -2.32. The summed E-state index contributed by atoms with van der Waals surface area (Å²) in [6, 6.07) is 21.8. The summed E-state index contributed by atoms with van der Waals surface area (Å²) < 4.78 is 5.48. The number of thioether (sulfide) groups is 1. The van der Waals surface area contributed by atoms with Gasteiger partial charge in [0.1, 0.15) is 16.4 Å². The molecule has 1 heterocycles. The molecule has 3 aromatic rings. The van der Waals surface area contributed by atoms with Crippen molar-refractivity contribution in [2.75, 3.05) is 22.6 Å². The van der Waals surface area contributed by atoms with Crippen LogP contribution in [0.25, 0.3) is 0 Å². The largest absolute Gasteiger partial charge is 0.495 e. The first-order valence-corrected chi connectivity index (χ1v) is 13.4. The first kappa shape index (κ1) is 25.6. The minimum atomic E-state index is -0.437. The molecule has 2 N–H and O–H groups in total. The van der Waals surface area contributed by atoms with Crippen LogP contribution in [0, 0.1) is 12.8 Å². The van der Waals surface area contributed by atoms with Crippen molar-refractivity contribution in [2.45, 2.75) is 37.5 Å². The maximum absolute atomic E-state index is 13.6. The summed E-state index contributed by atoms with van der Waals surface area (Å²) in [4.78, 5) is 41.9. The normalized spacial score (nSPS) is 15.8. The smallest absolute Gasteiger partial charge is 0.283 e. The quantitative estimate of drug-likeness (QED) is 0.343. The second-order valence-corrected chi connectivity index (χ2v) is 10.5. The highest BCUT2D eigenvalue weighted by Gasteiger charge is 2.40. The summed E-state index contributed by atoms with van der Waals surface area (Å²) in [5.41, 5.74) is 2.98. The highest BCUT2D eigenvalue weighted by atomic mass is 32.2. The molecule has 194 valence electrons. The van der Waals surface area contributed by atoms with Crippen molar-refractivity contribution in [2.24, 2.45) is 5.92 Å². The zero-order chi connectivity index (χ0) is 26.6. The zero-order valence-electron chi connectivity index (χ0n) is 21.3. The van der Waals surface area contributed by atoms with Gasteiger partial charge in [-0.25, -0.2) is 4.90 Å². The minimum absolute atomic E-state index is 0.0549. The SMILES string of the molecule is COc1ccc(C)cc1NC1=C(Sc2ccc(NC(=O)C3CCCC3)cc2)C(=O)N(c2ccccc2)C1=O. The van der Waals surface area contributed by atoms with Gasteiger partial charge in [-0.3, -0.25) is 14.4 Å². The Kier molecular flexibility index (Phi) is 7.51. The van der Waals surface area contributed by atoms with E-state index in [0.717, 1.165) is 36.1 Å². The van der Waals surface area contributed by atoms with E-state index in [1.807, 2.05) is 55.5 Å². The molecule has 5 rings (SSSR count). The number of aryl methyl sites for hydroxylation is 1. The van der Waals surface area contributed by atoms with Gasteiger partial charge >= 0.3 is 0 Å². The molecular weight excluding hydrogens is 498 g/mol.